The first-order valence-corrected chi connectivity index (χ1v) is 8.53. The van der Waals surface area contributed by atoms with Crippen LogP contribution in [0.2, 0.25) is 0 Å². The van der Waals surface area contributed by atoms with Crippen molar-refractivity contribution in [1.82, 2.24) is 5.32 Å². The maximum absolute atomic E-state index is 13.1. The summed E-state index contributed by atoms with van der Waals surface area (Å²) in [5, 5.41) is 2.84. The Labute approximate surface area is 147 Å². The van der Waals surface area contributed by atoms with Crippen LogP contribution in [-0.4, -0.2) is 25.2 Å². The van der Waals surface area contributed by atoms with Gasteiger partial charge in [0, 0.05) is 13.2 Å². The molecule has 0 aromatic heterocycles. The lowest BCUT2D eigenvalue weighted by atomic mass is 10.1. The Balaban J connectivity index is 1.42. The second-order valence-corrected chi connectivity index (χ2v) is 6.17. The Bertz CT molecular complexity index is 696. The predicted octanol–water partition coefficient (Wildman–Crippen LogP) is 3.24. The Morgan fingerprint density at radius 2 is 2.04 bits per heavy atom. The summed E-state index contributed by atoms with van der Waals surface area (Å²) in [6, 6.07) is 13.7. The van der Waals surface area contributed by atoms with Crippen molar-refractivity contribution in [3.8, 4) is 5.75 Å². The van der Waals surface area contributed by atoms with Gasteiger partial charge in [-0.05, 0) is 48.2 Å². The van der Waals surface area contributed by atoms with Crippen molar-refractivity contribution in [3.05, 3.63) is 65.5 Å². The van der Waals surface area contributed by atoms with Gasteiger partial charge in [-0.3, -0.25) is 4.79 Å². The third-order valence-corrected chi connectivity index (χ3v) is 4.13. The van der Waals surface area contributed by atoms with Crippen LogP contribution in [0.15, 0.2) is 48.5 Å². The van der Waals surface area contributed by atoms with Crippen LogP contribution in [0.25, 0.3) is 0 Å². The van der Waals surface area contributed by atoms with Gasteiger partial charge in [-0.15, -0.1) is 0 Å². The Hall–Kier alpha value is -2.40. The van der Waals surface area contributed by atoms with Gasteiger partial charge in [-0.2, -0.15) is 0 Å². The van der Waals surface area contributed by atoms with Crippen molar-refractivity contribution in [2.45, 2.75) is 31.9 Å². The smallest absolute Gasteiger partial charge is 0.224 e. The van der Waals surface area contributed by atoms with E-state index in [4.69, 9.17) is 9.47 Å². The number of benzene rings is 2. The monoisotopic (exact) mass is 343 g/mol. The van der Waals surface area contributed by atoms with Crippen molar-refractivity contribution in [1.29, 1.82) is 0 Å². The van der Waals surface area contributed by atoms with E-state index in [0.717, 1.165) is 30.8 Å². The molecule has 2 aromatic rings. The molecule has 0 saturated carbocycles. The third-order valence-electron chi connectivity index (χ3n) is 4.13. The van der Waals surface area contributed by atoms with Crippen LogP contribution in [0, 0.1) is 5.82 Å². The van der Waals surface area contributed by atoms with E-state index in [1.54, 1.807) is 12.1 Å². The summed E-state index contributed by atoms with van der Waals surface area (Å²) in [6.45, 7) is 1.83. The molecule has 2 aromatic carbocycles. The number of nitrogens with one attached hydrogen (secondary N) is 1. The molecule has 132 valence electrons. The fourth-order valence-corrected chi connectivity index (χ4v) is 2.76. The quantitative estimate of drug-likeness (QED) is 0.839. The molecule has 1 unspecified atom stereocenters. The van der Waals surface area contributed by atoms with E-state index >= 15 is 0 Å². The van der Waals surface area contributed by atoms with Crippen LogP contribution >= 0.6 is 0 Å². The maximum Gasteiger partial charge on any atom is 0.224 e. The number of ether oxygens (including phenoxy) is 2. The molecule has 4 nitrogen and oxygen atoms in total. The van der Waals surface area contributed by atoms with Crippen LogP contribution in [0.1, 0.15) is 24.0 Å². The number of hydrogen-bond donors (Lipinski definition) is 1. The Morgan fingerprint density at radius 1 is 1.20 bits per heavy atom. The van der Waals surface area contributed by atoms with Gasteiger partial charge in [-0.1, -0.05) is 24.3 Å². The molecule has 0 radical (unpaired) electrons. The van der Waals surface area contributed by atoms with E-state index in [0.29, 0.717) is 18.7 Å². The summed E-state index contributed by atoms with van der Waals surface area (Å²) < 4.78 is 24.4. The molecule has 1 atom stereocenters. The van der Waals surface area contributed by atoms with Crippen LogP contribution in [0.4, 0.5) is 4.39 Å². The van der Waals surface area contributed by atoms with Gasteiger partial charge in [0.25, 0.3) is 0 Å². The molecule has 1 aliphatic rings. The molecular weight excluding hydrogens is 321 g/mol. The fraction of sp³-hybridized carbons (Fsp3) is 0.350. The van der Waals surface area contributed by atoms with Gasteiger partial charge in [0.15, 0.2) is 0 Å². The molecule has 0 aliphatic carbocycles. The first kappa shape index (κ1) is 17.4. The zero-order valence-electron chi connectivity index (χ0n) is 14.0. The first-order valence-electron chi connectivity index (χ1n) is 8.53. The zero-order chi connectivity index (χ0) is 17.5. The average Bonchev–Trinajstić information content (AvgIpc) is 3.13. The van der Waals surface area contributed by atoms with Crippen LogP contribution in [0.3, 0.4) is 0 Å². The Morgan fingerprint density at radius 3 is 2.76 bits per heavy atom. The average molecular weight is 343 g/mol. The van der Waals surface area contributed by atoms with Crippen LogP contribution in [0.5, 0.6) is 5.75 Å². The van der Waals surface area contributed by atoms with Crippen LogP contribution in [-0.2, 0) is 22.5 Å². The van der Waals surface area contributed by atoms with E-state index in [1.807, 2.05) is 24.3 Å². The lowest BCUT2D eigenvalue weighted by molar-refractivity contribution is -0.120. The molecule has 1 amide bonds. The van der Waals surface area contributed by atoms with E-state index in [1.165, 1.54) is 12.1 Å². The number of carbonyl (C=O) groups is 1. The van der Waals surface area contributed by atoms with E-state index in [2.05, 4.69) is 5.32 Å². The summed E-state index contributed by atoms with van der Waals surface area (Å²) in [5.74, 6) is 0.332. The summed E-state index contributed by atoms with van der Waals surface area (Å²) in [5.41, 5.74) is 1.65. The SMILES string of the molecule is O=C(Cc1cccc(F)c1)NCc1ccc(OCC2CCCO2)cc1. The molecule has 1 fully saturated rings. The van der Waals surface area contributed by atoms with Gasteiger partial charge in [0.1, 0.15) is 18.2 Å². The summed E-state index contributed by atoms with van der Waals surface area (Å²) >= 11 is 0. The molecular formula is C20H22FNO3. The molecule has 1 aliphatic heterocycles. The van der Waals surface area contributed by atoms with Gasteiger partial charge in [0.2, 0.25) is 5.91 Å². The van der Waals surface area contributed by atoms with Crippen LogP contribution < -0.4 is 10.1 Å². The lowest BCUT2D eigenvalue weighted by Crippen LogP contribution is -2.24. The highest BCUT2D eigenvalue weighted by Crippen LogP contribution is 2.16. The molecule has 0 bridgehead atoms. The van der Waals surface area contributed by atoms with Gasteiger partial charge in [0.05, 0.1) is 12.5 Å². The summed E-state index contributed by atoms with van der Waals surface area (Å²) in [7, 11) is 0. The summed E-state index contributed by atoms with van der Waals surface area (Å²) in [4.78, 5) is 11.9. The molecule has 3 rings (SSSR count). The molecule has 1 saturated heterocycles. The highest BCUT2D eigenvalue weighted by molar-refractivity contribution is 5.78. The van der Waals surface area contributed by atoms with Crippen molar-refractivity contribution < 1.29 is 18.7 Å². The number of rotatable bonds is 7. The standard InChI is InChI=1S/C20H22FNO3/c21-17-4-1-3-16(11-17)12-20(23)22-13-15-6-8-18(9-7-15)25-14-19-5-2-10-24-19/h1,3-4,6-9,11,19H,2,5,10,12-14H2,(H,22,23). The normalized spacial score (nSPS) is 16.6. The van der Waals surface area contributed by atoms with E-state index in [-0.39, 0.29) is 24.2 Å². The van der Waals surface area contributed by atoms with Gasteiger partial charge < -0.3 is 14.8 Å². The largest absolute Gasteiger partial charge is 0.491 e. The number of amides is 1. The second-order valence-electron chi connectivity index (χ2n) is 6.17. The number of halogens is 1. The topological polar surface area (TPSA) is 47.6 Å². The second kappa shape index (κ2) is 8.62. The molecule has 0 spiro atoms. The zero-order valence-corrected chi connectivity index (χ0v) is 14.0. The minimum Gasteiger partial charge on any atom is -0.491 e. The predicted molar refractivity (Wildman–Crippen MR) is 92.9 cm³/mol. The third kappa shape index (κ3) is 5.57. The molecule has 5 heteroatoms. The van der Waals surface area contributed by atoms with Gasteiger partial charge in [-0.25, -0.2) is 4.39 Å². The first-order chi connectivity index (χ1) is 12.2. The number of carbonyl (C=O) groups excluding carboxylic acids is 1. The van der Waals surface area contributed by atoms with Crippen molar-refractivity contribution in [2.75, 3.05) is 13.2 Å². The van der Waals surface area contributed by atoms with Gasteiger partial charge >= 0.3 is 0 Å². The number of hydrogen-bond acceptors (Lipinski definition) is 3. The highest BCUT2D eigenvalue weighted by Gasteiger charge is 2.15. The highest BCUT2D eigenvalue weighted by atomic mass is 19.1. The fourth-order valence-electron chi connectivity index (χ4n) is 2.76. The van der Waals surface area contributed by atoms with Crippen molar-refractivity contribution in [3.63, 3.8) is 0 Å². The molecule has 25 heavy (non-hydrogen) atoms. The van der Waals surface area contributed by atoms with E-state index in [9.17, 15) is 9.18 Å². The summed E-state index contributed by atoms with van der Waals surface area (Å²) in [6.07, 6.45) is 2.51. The minimum atomic E-state index is -0.330. The minimum absolute atomic E-state index is 0.135. The molecule has 1 heterocycles. The maximum atomic E-state index is 13.1. The Kier molecular flexibility index (Phi) is 6.01. The van der Waals surface area contributed by atoms with Crippen molar-refractivity contribution >= 4 is 5.91 Å². The molecule has 1 N–H and O–H groups in total. The lowest BCUT2D eigenvalue weighted by Gasteiger charge is -2.12. The van der Waals surface area contributed by atoms with Crippen molar-refractivity contribution in [2.24, 2.45) is 0 Å². The van der Waals surface area contributed by atoms with E-state index < -0.39 is 0 Å².